The maximum Gasteiger partial charge on any atom is 0.253 e. The van der Waals surface area contributed by atoms with Crippen molar-refractivity contribution in [3.8, 4) is 0 Å². The molecular weight excluding hydrogens is 330 g/mol. The van der Waals surface area contributed by atoms with Crippen LogP contribution >= 0.6 is 0 Å². The van der Waals surface area contributed by atoms with Gasteiger partial charge >= 0.3 is 0 Å². The third-order valence-corrected chi connectivity index (χ3v) is 5.73. The Balaban J connectivity index is 1.46. The number of rotatable bonds is 4. The second-order valence-electron chi connectivity index (χ2n) is 8.36. The number of hydrogen-bond donors (Lipinski definition) is 2. The van der Waals surface area contributed by atoms with Gasteiger partial charge in [0.15, 0.2) is 0 Å². The fourth-order valence-electron chi connectivity index (χ4n) is 4.16. The first-order chi connectivity index (χ1) is 12.4. The van der Waals surface area contributed by atoms with Gasteiger partial charge in [-0.05, 0) is 42.5 Å². The maximum atomic E-state index is 13.0. The Bertz CT molecular complexity index is 783. The van der Waals surface area contributed by atoms with Gasteiger partial charge in [-0.3, -0.25) is 14.4 Å². The molecule has 4 rings (SSSR count). The summed E-state index contributed by atoms with van der Waals surface area (Å²) in [5, 5.41) is 5.95. The number of carbonyl (C=O) groups is 3. The normalized spacial score (nSPS) is 22.5. The van der Waals surface area contributed by atoms with Crippen LogP contribution in [0.25, 0.3) is 0 Å². The van der Waals surface area contributed by atoms with Crippen LogP contribution in [0.5, 0.6) is 0 Å². The highest BCUT2D eigenvalue weighted by atomic mass is 16.2. The number of fused-ring (bicyclic) bond motifs is 1. The van der Waals surface area contributed by atoms with Crippen LogP contribution in [0.3, 0.4) is 0 Å². The predicted molar refractivity (Wildman–Crippen MR) is 97.7 cm³/mol. The van der Waals surface area contributed by atoms with Crippen molar-refractivity contribution in [3.63, 3.8) is 0 Å². The Morgan fingerprint density at radius 2 is 2.12 bits per heavy atom. The summed E-state index contributed by atoms with van der Waals surface area (Å²) in [6.07, 6.45) is 2.97. The van der Waals surface area contributed by atoms with E-state index in [1.165, 1.54) is 0 Å². The molecule has 3 aliphatic rings. The van der Waals surface area contributed by atoms with E-state index in [1.807, 2.05) is 24.8 Å². The molecule has 1 atom stereocenters. The highest BCUT2D eigenvalue weighted by molar-refractivity contribution is 6.01. The van der Waals surface area contributed by atoms with Crippen molar-refractivity contribution < 1.29 is 14.4 Å². The van der Waals surface area contributed by atoms with E-state index in [0.717, 1.165) is 24.1 Å². The first kappa shape index (κ1) is 17.1. The first-order valence-corrected chi connectivity index (χ1v) is 9.38. The molecule has 0 bridgehead atoms. The third-order valence-electron chi connectivity index (χ3n) is 5.73. The zero-order valence-corrected chi connectivity index (χ0v) is 15.3. The number of nitrogens with zero attached hydrogens (tertiary/aromatic N) is 1. The Morgan fingerprint density at radius 1 is 1.35 bits per heavy atom. The lowest BCUT2D eigenvalue weighted by molar-refractivity contribution is -0.122. The fourth-order valence-corrected chi connectivity index (χ4v) is 4.16. The van der Waals surface area contributed by atoms with Crippen LogP contribution in [0.4, 0.5) is 5.69 Å². The zero-order valence-electron chi connectivity index (χ0n) is 15.3. The number of carbonyl (C=O) groups excluding carboxylic acids is 3. The number of anilines is 1. The SMILES string of the molecule is CC(C)CC(=O)NC1CN(C(=O)c2ccc3c(c2)CC(=O)N3)CC12CC2. The molecule has 0 radical (unpaired) electrons. The van der Waals surface area contributed by atoms with Crippen molar-refractivity contribution in [2.45, 2.75) is 45.6 Å². The summed E-state index contributed by atoms with van der Waals surface area (Å²) in [7, 11) is 0. The highest BCUT2D eigenvalue weighted by Gasteiger charge is 2.56. The minimum Gasteiger partial charge on any atom is -0.351 e. The van der Waals surface area contributed by atoms with E-state index >= 15 is 0 Å². The van der Waals surface area contributed by atoms with Crippen molar-refractivity contribution in [1.82, 2.24) is 10.2 Å². The van der Waals surface area contributed by atoms with Crippen molar-refractivity contribution in [2.75, 3.05) is 18.4 Å². The van der Waals surface area contributed by atoms with Crippen LogP contribution in [-0.4, -0.2) is 41.8 Å². The molecular formula is C20H25N3O3. The van der Waals surface area contributed by atoms with Gasteiger partial charge < -0.3 is 15.5 Å². The molecule has 2 aliphatic heterocycles. The number of hydrogen-bond acceptors (Lipinski definition) is 3. The van der Waals surface area contributed by atoms with Gasteiger partial charge in [0, 0.05) is 36.2 Å². The maximum absolute atomic E-state index is 13.0. The summed E-state index contributed by atoms with van der Waals surface area (Å²) < 4.78 is 0. The molecule has 1 aromatic rings. The molecule has 1 aromatic carbocycles. The topological polar surface area (TPSA) is 78.5 Å². The van der Waals surface area contributed by atoms with Crippen molar-refractivity contribution in [2.24, 2.45) is 11.3 Å². The van der Waals surface area contributed by atoms with Gasteiger partial charge in [0.2, 0.25) is 11.8 Å². The largest absolute Gasteiger partial charge is 0.351 e. The molecule has 2 fully saturated rings. The average molecular weight is 355 g/mol. The van der Waals surface area contributed by atoms with E-state index in [2.05, 4.69) is 10.6 Å². The molecule has 1 unspecified atom stereocenters. The summed E-state index contributed by atoms with van der Waals surface area (Å²) in [6, 6.07) is 5.45. The van der Waals surface area contributed by atoms with Crippen LogP contribution in [0.15, 0.2) is 18.2 Å². The predicted octanol–water partition coefficient (Wildman–Crippen LogP) is 1.95. The highest BCUT2D eigenvalue weighted by Crippen LogP contribution is 2.53. The molecule has 0 aromatic heterocycles. The van der Waals surface area contributed by atoms with E-state index in [0.29, 0.717) is 37.4 Å². The minimum absolute atomic E-state index is 0.0148. The summed E-state index contributed by atoms with van der Waals surface area (Å²) in [5.41, 5.74) is 2.36. The lowest BCUT2D eigenvalue weighted by atomic mass is 10.00. The zero-order chi connectivity index (χ0) is 18.5. The smallest absolute Gasteiger partial charge is 0.253 e. The number of benzene rings is 1. The van der Waals surface area contributed by atoms with E-state index in [9.17, 15) is 14.4 Å². The lowest BCUT2D eigenvalue weighted by Crippen LogP contribution is -2.42. The summed E-state index contributed by atoms with van der Waals surface area (Å²) in [5.74, 6) is 0.356. The van der Waals surface area contributed by atoms with E-state index < -0.39 is 0 Å². The minimum atomic E-state index is -0.0318. The Kier molecular flexibility index (Phi) is 4.01. The average Bonchev–Trinajstić information content (AvgIpc) is 3.11. The second kappa shape index (κ2) is 6.11. The first-order valence-electron chi connectivity index (χ1n) is 9.38. The summed E-state index contributed by atoms with van der Waals surface area (Å²) in [6.45, 7) is 5.33. The quantitative estimate of drug-likeness (QED) is 0.866. The molecule has 2 heterocycles. The van der Waals surface area contributed by atoms with Crippen LogP contribution in [0, 0.1) is 11.3 Å². The van der Waals surface area contributed by atoms with Crippen LogP contribution in [0.2, 0.25) is 0 Å². The molecule has 6 nitrogen and oxygen atoms in total. The molecule has 1 spiro atoms. The van der Waals surface area contributed by atoms with Crippen LogP contribution in [0.1, 0.15) is 49.0 Å². The van der Waals surface area contributed by atoms with Gasteiger partial charge in [-0.1, -0.05) is 13.8 Å². The molecule has 3 amide bonds. The molecule has 26 heavy (non-hydrogen) atoms. The van der Waals surface area contributed by atoms with Crippen LogP contribution in [-0.2, 0) is 16.0 Å². The van der Waals surface area contributed by atoms with Gasteiger partial charge in [0.1, 0.15) is 0 Å². The van der Waals surface area contributed by atoms with Gasteiger partial charge in [0.25, 0.3) is 5.91 Å². The van der Waals surface area contributed by atoms with E-state index in [-0.39, 0.29) is 29.2 Å². The van der Waals surface area contributed by atoms with E-state index in [4.69, 9.17) is 0 Å². The molecule has 6 heteroatoms. The summed E-state index contributed by atoms with van der Waals surface area (Å²) >= 11 is 0. The van der Waals surface area contributed by atoms with Gasteiger partial charge in [-0.2, -0.15) is 0 Å². The third kappa shape index (κ3) is 3.08. The second-order valence-corrected chi connectivity index (χ2v) is 8.36. The van der Waals surface area contributed by atoms with Gasteiger partial charge in [-0.25, -0.2) is 0 Å². The van der Waals surface area contributed by atoms with E-state index in [1.54, 1.807) is 12.1 Å². The van der Waals surface area contributed by atoms with Crippen molar-refractivity contribution in [1.29, 1.82) is 0 Å². The van der Waals surface area contributed by atoms with Gasteiger partial charge in [0.05, 0.1) is 12.5 Å². The lowest BCUT2D eigenvalue weighted by Gasteiger charge is -2.19. The fraction of sp³-hybridized carbons (Fsp3) is 0.550. The number of nitrogens with one attached hydrogen (secondary N) is 2. The molecule has 1 saturated heterocycles. The molecule has 1 saturated carbocycles. The Morgan fingerprint density at radius 3 is 2.81 bits per heavy atom. The standard InChI is InChI=1S/C20H25N3O3/c1-12(2)7-17(24)22-16-10-23(11-20(16)5-6-20)19(26)13-3-4-15-14(8-13)9-18(25)21-15/h3-4,8,12,16H,5-7,9-11H2,1-2H3,(H,21,25)(H,22,24). The Labute approximate surface area is 153 Å². The van der Waals surface area contributed by atoms with Crippen molar-refractivity contribution >= 4 is 23.4 Å². The Hall–Kier alpha value is -2.37. The number of amides is 3. The van der Waals surface area contributed by atoms with Crippen LogP contribution < -0.4 is 10.6 Å². The molecule has 138 valence electrons. The van der Waals surface area contributed by atoms with Crippen molar-refractivity contribution in [3.05, 3.63) is 29.3 Å². The molecule has 2 N–H and O–H groups in total. The van der Waals surface area contributed by atoms with Gasteiger partial charge in [-0.15, -0.1) is 0 Å². The number of likely N-dealkylation sites (tertiary alicyclic amines) is 1. The summed E-state index contributed by atoms with van der Waals surface area (Å²) in [4.78, 5) is 38.5. The monoisotopic (exact) mass is 355 g/mol. The molecule has 1 aliphatic carbocycles.